The molecule has 0 aliphatic carbocycles. The van der Waals surface area contributed by atoms with E-state index in [9.17, 15) is 9.59 Å². The number of piperidine rings is 2. The molecule has 6 nitrogen and oxygen atoms in total. The van der Waals surface area contributed by atoms with Gasteiger partial charge < -0.3 is 31.9 Å². The Hall–Kier alpha value is -0.00610. The largest absolute Gasteiger partial charge is 0.395 e. The van der Waals surface area contributed by atoms with Crippen molar-refractivity contribution < 1.29 is 47.4 Å². The molecule has 0 saturated carbocycles. The van der Waals surface area contributed by atoms with Crippen molar-refractivity contribution >= 4 is 11.7 Å². The number of aliphatic hydroxyl groups excluding tert-OH is 1. The van der Waals surface area contributed by atoms with Crippen molar-refractivity contribution in [3.8, 4) is 0 Å². The Bertz CT molecular complexity index is 478. The molecule has 1 radical (unpaired) electrons. The summed E-state index contributed by atoms with van der Waals surface area (Å²) in [7, 11) is 0. The summed E-state index contributed by atoms with van der Waals surface area (Å²) in [5, 5.41) is 11.6. The Kier molecular flexibility index (Phi) is 14.1. The van der Waals surface area contributed by atoms with Gasteiger partial charge >= 0.3 is 0 Å². The monoisotopic (exact) mass is 485 g/mol. The van der Waals surface area contributed by atoms with Crippen LogP contribution in [0.1, 0.15) is 60.3 Å². The fraction of sp³-hybridized carbons (Fsp3) is 0.864. The fourth-order valence-corrected chi connectivity index (χ4v) is 3.62. The minimum Gasteiger partial charge on any atom is -0.395 e. The zero-order chi connectivity index (χ0) is 21.3. The van der Waals surface area contributed by atoms with E-state index in [1.807, 2.05) is 20.8 Å². The quantitative estimate of drug-likeness (QED) is 0.584. The van der Waals surface area contributed by atoms with Gasteiger partial charge in [0, 0.05) is 63.0 Å². The van der Waals surface area contributed by atoms with Gasteiger partial charge in [-0.1, -0.05) is 20.8 Å². The number of carbonyl (C=O) groups excluding carboxylic acids is 2. The normalized spacial score (nSPS) is 19.8. The first kappa shape index (κ1) is 29.0. The topological polar surface area (TPSA) is 72.9 Å². The molecule has 0 atom stereocenters. The van der Waals surface area contributed by atoms with Gasteiger partial charge in [0.2, 0.25) is 5.91 Å². The van der Waals surface area contributed by atoms with Gasteiger partial charge in [-0.05, 0) is 71.1 Å². The van der Waals surface area contributed by atoms with Gasteiger partial charge in [0.15, 0.2) is 0 Å². The van der Waals surface area contributed by atoms with E-state index in [-0.39, 0.29) is 62.3 Å². The molecular weight excluding hydrogens is 443 g/mol. The number of rotatable bonds is 5. The van der Waals surface area contributed by atoms with Crippen molar-refractivity contribution in [1.82, 2.24) is 15.1 Å². The minimum absolute atomic E-state index is 0. The van der Waals surface area contributed by atoms with Crippen molar-refractivity contribution in [3.63, 3.8) is 0 Å². The summed E-state index contributed by atoms with van der Waals surface area (Å²) in [6, 6.07) is 1.37. The van der Waals surface area contributed by atoms with Crippen molar-refractivity contribution in [2.45, 2.75) is 72.4 Å². The number of nitrogens with zero attached hydrogens (tertiary/aromatic N) is 2. The number of nitrogens with one attached hydrogen (secondary N) is 1. The van der Waals surface area contributed by atoms with E-state index >= 15 is 0 Å². The molecule has 2 aliphatic heterocycles. The van der Waals surface area contributed by atoms with E-state index in [1.165, 1.54) is 25.9 Å². The Morgan fingerprint density at radius 3 is 1.93 bits per heavy atom. The van der Waals surface area contributed by atoms with Gasteiger partial charge in [0.1, 0.15) is 0 Å². The smallest absolute Gasteiger partial charge is 0.223 e. The summed E-state index contributed by atoms with van der Waals surface area (Å²) < 4.78 is 0. The van der Waals surface area contributed by atoms with Crippen LogP contribution in [-0.2, 0) is 42.3 Å². The third-order valence-electron chi connectivity index (χ3n) is 5.89. The molecule has 0 aromatic carbocycles. The zero-order valence-corrected chi connectivity index (χ0v) is 22.1. The molecule has 7 heteroatoms. The van der Waals surface area contributed by atoms with Crippen LogP contribution < -0.4 is 5.32 Å². The second-order valence-electron chi connectivity index (χ2n) is 9.36. The Labute approximate surface area is 203 Å². The van der Waals surface area contributed by atoms with Crippen LogP contribution in [0.25, 0.3) is 0 Å². The van der Waals surface area contributed by atoms with Crippen LogP contribution in [0, 0.1) is 18.3 Å². The van der Waals surface area contributed by atoms with Crippen molar-refractivity contribution in [3.05, 3.63) is 6.92 Å². The van der Waals surface area contributed by atoms with Gasteiger partial charge in [-0.15, -0.1) is 0 Å². The Balaban J connectivity index is 0.000000846. The average Bonchev–Trinajstić information content (AvgIpc) is 2.66. The van der Waals surface area contributed by atoms with Gasteiger partial charge in [0.25, 0.3) is 0 Å². The molecule has 0 bridgehead atoms. The molecule has 0 aromatic rings. The summed E-state index contributed by atoms with van der Waals surface area (Å²) in [5.74, 6) is 0.259. The molecule has 2 saturated heterocycles. The molecular formula is C22H42N3O3Y-. The predicted octanol–water partition coefficient (Wildman–Crippen LogP) is 2.11. The third kappa shape index (κ3) is 10.7. The molecule has 1 amide bonds. The molecule has 0 unspecified atom stereocenters. The first-order valence-electron chi connectivity index (χ1n) is 10.8. The van der Waals surface area contributed by atoms with Crippen LogP contribution in [0.2, 0.25) is 0 Å². The second kappa shape index (κ2) is 14.1. The number of amides is 1. The van der Waals surface area contributed by atoms with Crippen LogP contribution in [0.15, 0.2) is 0 Å². The first-order valence-corrected chi connectivity index (χ1v) is 10.8. The molecule has 167 valence electrons. The van der Waals surface area contributed by atoms with E-state index in [4.69, 9.17) is 5.11 Å². The van der Waals surface area contributed by atoms with Crippen LogP contribution in [0.4, 0.5) is 0 Å². The molecule has 29 heavy (non-hydrogen) atoms. The summed E-state index contributed by atoms with van der Waals surface area (Å²) in [5.41, 5.74) is -0.250. The number of hydrogen-bond acceptors (Lipinski definition) is 5. The van der Waals surface area contributed by atoms with E-state index < -0.39 is 0 Å². The fourth-order valence-electron chi connectivity index (χ4n) is 3.62. The standard InChI is InChI=1S/C16H31N3O2.C6H11O.Y/c1-13(2)18-10-5-15(6-11-18)19-8-3-14(4-9-19)16(21)17-7-12-20;1-5(7)6(2,3)4;/h13-15,20H,3-12H2,1-2H3,(H,17,21);1H2,2-4H3;/q;-1;. The molecule has 0 aromatic heterocycles. The van der Waals surface area contributed by atoms with Gasteiger partial charge in [-0.25, -0.2) is 0 Å². The number of likely N-dealkylation sites (tertiary alicyclic amines) is 2. The van der Waals surface area contributed by atoms with Crippen molar-refractivity contribution in [2.24, 2.45) is 11.3 Å². The first-order chi connectivity index (χ1) is 13.1. The summed E-state index contributed by atoms with van der Waals surface area (Å²) >= 11 is 0. The summed E-state index contributed by atoms with van der Waals surface area (Å²) in [4.78, 5) is 27.4. The zero-order valence-electron chi connectivity index (χ0n) is 19.2. The maximum absolute atomic E-state index is 11.9. The predicted molar refractivity (Wildman–Crippen MR) is 114 cm³/mol. The van der Waals surface area contributed by atoms with Crippen LogP contribution in [0.5, 0.6) is 0 Å². The maximum atomic E-state index is 11.9. The molecule has 2 fully saturated rings. The Morgan fingerprint density at radius 1 is 1.07 bits per heavy atom. The van der Waals surface area contributed by atoms with Gasteiger partial charge in [0.05, 0.1) is 6.61 Å². The van der Waals surface area contributed by atoms with Crippen molar-refractivity contribution in [1.29, 1.82) is 0 Å². The summed E-state index contributed by atoms with van der Waals surface area (Å²) in [6.45, 7) is 18.3. The van der Waals surface area contributed by atoms with Gasteiger partial charge in [-0.3, -0.25) is 4.79 Å². The van der Waals surface area contributed by atoms with Crippen LogP contribution in [0.3, 0.4) is 0 Å². The van der Waals surface area contributed by atoms with Crippen LogP contribution >= 0.6 is 0 Å². The van der Waals surface area contributed by atoms with Crippen LogP contribution in [-0.4, -0.2) is 78.0 Å². The SMILES string of the molecule is CC(C)N1CCC(N2CCC(C(=O)NCCO)CC2)CC1.[CH2-]C(=O)C(C)(C)C.[Y]. The van der Waals surface area contributed by atoms with Crippen molar-refractivity contribution in [2.75, 3.05) is 39.3 Å². The number of carbonyl (C=O) groups is 2. The minimum atomic E-state index is -0.250. The molecule has 2 N–H and O–H groups in total. The number of Topliss-reactive ketones (excluding diaryl/α,β-unsaturated/α-hetero) is 1. The van der Waals surface area contributed by atoms with E-state index in [1.54, 1.807) is 0 Å². The summed E-state index contributed by atoms with van der Waals surface area (Å²) in [6.07, 6.45) is 4.45. The molecule has 2 rings (SSSR count). The molecule has 0 spiro atoms. The Morgan fingerprint density at radius 2 is 1.55 bits per heavy atom. The average molecular weight is 486 g/mol. The maximum Gasteiger partial charge on any atom is 0.223 e. The number of ketones is 1. The molecule has 2 heterocycles. The van der Waals surface area contributed by atoms with E-state index in [0.29, 0.717) is 18.6 Å². The number of hydrogen-bond donors (Lipinski definition) is 2. The van der Waals surface area contributed by atoms with Gasteiger partial charge in [-0.2, -0.15) is 0 Å². The van der Waals surface area contributed by atoms with E-state index in [0.717, 1.165) is 25.9 Å². The second-order valence-corrected chi connectivity index (χ2v) is 9.36. The molecule has 2 aliphatic rings. The number of aliphatic hydroxyl groups is 1. The third-order valence-corrected chi connectivity index (χ3v) is 5.89. The van der Waals surface area contributed by atoms with E-state index in [2.05, 4.69) is 35.9 Å².